The Morgan fingerprint density at radius 3 is 2.38 bits per heavy atom. The molecular weight excluding hydrogens is 388 g/mol. The Morgan fingerprint density at radius 1 is 1.14 bits per heavy atom. The minimum absolute atomic E-state index is 0.249. The SMILES string of the molecule is Cc1ccc(N(CC(=O)N[C@H]2CC(C)(C)Oc3ccc(C)cc32)S(C)(=O)=O)cc1. The second-order valence-corrected chi connectivity index (χ2v) is 10.2. The van der Waals surface area contributed by atoms with Crippen molar-refractivity contribution in [1.29, 1.82) is 0 Å². The zero-order chi connectivity index (χ0) is 21.4. The van der Waals surface area contributed by atoms with Crippen molar-refractivity contribution in [2.75, 3.05) is 17.1 Å². The first kappa shape index (κ1) is 21.2. The monoisotopic (exact) mass is 416 g/mol. The Hall–Kier alpha value is -2.54. The molecule has 0 aromatic heterocycles. The molecule has 1 atom stereocenters. The summed E-state index contributed by atoms with van der Waals surface area (Å²) in [7, 11) is -3.61. The molecule has 0 fully saturated rings. The number of anilines is 1. The molecule has 2 aromatic rings. The molecule has 29 heavy (non-hydrogen) atoms. The molecule has 0 bridgehead atoms. The van der Waals surface area contributed by atoms with Gasteiger partial charge in [0.2, 0.25) is 15.9 Å². The summed E-state index contributed by atoms with van der Waals surface area (Å²) in [5.74, 6) is 0.391. The highest BCUT2D eigenvalue weighted by molar-refractivity contribution is 7.92. The van der Waals surface area contributed by atoms with Gasteiger partial charge in [0.25, 0.3) is 0 Å². The predicted octanol–water partition coefficient (Wildman–Crippen LogP) is 3.49. The number of benzene rings is 2. The Kier molecular flexibility index (Phi) is 5.63. The van der Waals surface area contributed by atoms with Crippen molar-refractivity contribution in [2.24, 2.45) is 0 Å². The van der Waals surface area contributed by atoms with Gasteiger partial charge in [-0.25, -0.2) is 8.42 Å². The third kappa shape index (κ3) is 5.09. The summed E-state index contributed by atoms with van der Waals surface area (Å²) in [5, 5.41) is 3.02. The molecule has 2 aromatic carbocycles. The second-order valence-electron chi connectivity index (χ2n) is 8.33. The number of fused-ring (bicyclic) bond motifs is 1. The number of hydrogen-bond donors (Lipinski definition) is 1. The second kappa shape index (κ2) is 7.71. The van der Waals surface area contributed by atoms with E-state index in [0.29, 0.717) is 12.1 Å². The number of hydrogen-bond acceptors (Lipinski definition) is 4. The van der Waals surface area contributed by atoms with E-state index in [-0.39, 0.29) is 18.5 Å². The van der Waals surface area contributed by atoms with Crippen LogP contribution in [0, 0.1) is 13.8 Å². The highest BCUT2D eigenvalue weighted by Gasteiger charge is 2.35. The lowest BCUT2D eigenvalue weighted by atomic mass is 9.89. The summed E-state index contributed by atoms with van der Waals surface area (Å²) in [4.78, 5) is 12.9. The van der Waals surface area contributed by atoms with E-state index in [9.17, 15) is 13.2 Å². The van der Waals surface area contributed by atoms with Gasteiger partial charge < -0.3 is 10.1 Å². The molecule has 0 aliphatic carbocycles. The van der Waals surface area contributed by atoms with Crippen molar-refractivity contribution < 1.29 is 17.9 Å². The van der Waals surface area contributed by atoms with Crippen molar-refractivity contribution in [3.8, 4) is 5.75 Å². The third-order valence-electron chi connectivity index (χ3n) is 4.97. The highest BCUT2D eigenvalue weighted by atomic mass is 32.2. The van der Waals surface area contributed by atoms with Gasteiger partial charge in [-0.15, -0.1) is 0 Å². The fourth-order valence-electron chi connectivity index (χ4n) is 3.58. The van der Waals surface area contributed by atoms with Gasteiger partial charge in [0.05, 0.1) is 18.0 Å². The topological polar surface area (TPSA) is 75.7 Å². The van der Waals surface area contributed by atoms with Gasteiger partial charge >= 0.3 is 0 Å². The molecule has 156 valence electrons. The molecular formula is C22H28N2O4S. The Morgan fingerprint density at radius 2 is 1.76 bits per heavy atom. The van der Waals surface area contributed by atoms with E-state index in [1.165, 1.54) is 0 Å². The first-order chi connectivity index (χ1) is 13.4. The first-order valence-corrected chi connectivity index (χ1v) is 11.4. The lowest BCUT2D eigenvalue weighted by Gasteiger charge is -2.38. The minimum Gasteiger partial charge on any atom is -0.487 e. The first-order valence-electron chi connectivity index (χ1n) is 9.58. The van der Waals surface area contributed by atoms with Crippen molar-refractivity contribution in [3.05, 3.63) is 59.2 Å². The van der Waals surface area contributed by atoms with Gasteiger partial charge in [-0.2, -0.15) is 0 Å². The number of carbonyl (C=O) groups excluding carboxylic acids is 1. The maximum Gasteiger partial charge on any atom is 0.241 e. The lowest BCUT2D eigenvalue weighted by molar-refractivity contribution is -0.120. The number of aryl methyl sites for hydroxylation is 2. The van der Waals surface area contributed by atoms with Crippen LogP contribution in [-0.4, -0.2) is 32.7 Å². The van der Waals surface area contributed by atoms with E-state index in [0.717, 1.165) is 33.0 Å². The van der Waals surface area contributed by atoms with Gasteiger partial charge in [-0.05, 0) is 45.9 Å². The standard InChI is InChI=1S/C22H28N2O4S/c1-15-6-9-17(10-7-15)24(29(5,26)27)14-21(25)23-19-13-22(3,4)28-20-11-8-16(2)12-18(19)20/h6-12,19H,13-14H2,1-5H3,(H,23,25)/t19-/m0/s1. The van der Waals surface area contributed by atoms with Gasteiger partial charge in [0, 0.05) is 12.0 Å². The summed E-state index contributed by atoms with van der Waals surface area (Å²) < 4.78 is 31.8. The highest BCUT2D eigenvalue weighted by Crippen LogP contribution is 2.39. The number of ether oxygens (including phenoxy) is 1. The number of carbonyl (C=O) groups is 1. The number of amides is 1. The minimum atomic E-state index is -3.61. The Balaban J connectivity index is 1.83. The van der Waals surface area contributed by atoms with E-state index in [1.807, 2.05) is 58.0 Å². The summed E-state index contributed by atoms with van der Waals surface area (Å²) in [5.41, 5.74) is 3.04. The van der Waals surface area contributed by atoms with Gasteiger partial charge in [0.15, 0.2) is 0 Å². The lowest BCUT2D eigenvalue weighted by Crippen LogP contribution is -2.45. The Bertz CT molecular complexity index is 1010. The van der Waals surface area contributed by atoms with Crippen LogP contribution < -0.4 is 14.4 Å². The van der Waals surface area contributed by atoms with E-state index < -0.39 is 15.6 Å². The smallest absolute Gasteiger partial charge is 0.241 e. The summed E-state index contributed by atoms with van der Waals surface area (Å²) >= 11 is 0. The Labute approximate surface area is 172 Å². The van der Waals surface area contributed by atoms with Crippen LogP contribution >= 0.6 is 0 Å². The van der Waals surface area contributed by atoms with Crippen molar-refractivity contribution in [3.63, 3.8) is 0 Å². The van der Waals surface area contributed by atoms with Gasteiger partial charge in [-0.3, -0.25) is 9.10 Å². The molecule has 1 aliphatic heterocycles. The largest absolute Gasteiger partial charge is 0.487 e. The van der Waals surface area contributed by atoms with E-state index >= 15 is 0 Å². The molecule has 1 N–H and O–H groups in total. The third-order valence-corrected chi connectivity index (χ3v) is 6.11. The molecule has 1 amide bonds. The van der Waals surface area contributed by atoms with Crippen LogP contribution in [0.5, 0.6) is 5.75 Å². The van der Waals surface area contributed by atoms with Crippen LogP contribution in [-0.2, 0) is 14.8 Å². The molecule has 0 saturated heterocycles. The van der Waals surface area contributed by atoms with Crippen LogP contribution in [0.2, 0.25) is 0 Å². The molecule has 0 radical (unpaired) electrons. The van der Waals surface area contributed by atoms with Crippen molar-refractivity contribution in [2.45, 2.75) is 45.8 Å². The molecule has 1 aliphatic rings. The maximum atomic E-state index is 12.9. The summed E-state index contributed by atoms with van der Waals surface area (Å²) in [6.45, 7) is 7.59. The summed E-state index contributed by atoms with van der Waals surface area (Å²) in [6.07, 6.45) is 1.70. The van der Waals surface area contributed by atoms with Crippen LogP contribution in [0.3, 0.4) is 0 Å². The van der Waals surface area contributed by atoms with Gasteiger partial charge in [-0.1, -0.05) is 35.4 Å². The fraction of sp³-hybridized carbons (Fsp3) is 0.409. The van der Waals surface area contributed by atoms with Crippen LogP contribution in [0.1, 0.15) is 43.0 Å². The molecule has 0 spiro atoms. The molecule has 6 nitrogen and oxygen atoms in total. The predicted molar refractivity (Wildman–Crippen MR) is 115 cm³/mol. The van der Waals surface area contributed by atoms with E-state index in [1.54, 1.807) is 12.1 Å². The zero-order valence-electron chi connectivity index (χ0n) is 17.5. The number of rotatable bonds is 5. The normalized spacial score (nSPS) is 17.8. The van der Waals surface area contributed by atoms with Crippen LogP contribution in [0.15, 0.2) is 42.5 Å². The fourth-order valence-corrected chi connectivity index (χ4v) is 4.44. The number of sulfonamides is 1. The summed E-state index contributed by atoms with van der Waals surface area (Å²) in [6, 6.07) is 12.7. The van der Waals surface area contributed by atoms with Crippen LogP contribution in [0.4, 0.5) is 5.69 Å². The van der Waals surface area contributed by atoms with Crippen LogP contribution in [0.25, 0.3) is 0 Å². The number of nitrogens with zero attached hydrogens (tertiary/aromatic N) is 1. The van der Waals surface area contributed by atoms with Gasteiger partial charge in [0.1, 0.15) is 17.9 Å². The molecule has 3 rings (SSSR count). The molecule has 0 saturated carbocycles. The van der Waals surface area contributed by atoms with Crippen molar-refractivity contribution >= 4 is 21.6 Å². The quantitative estimate of drug-likeness (QED) is 0.810. The average Bonchev–Trinajstić information content (AvgIpc) is 2.60. The zero-order valence-corrected chi connectivity index (χ0v) is 18.3. The molecule has 7 heteroatoms. The van der Waals surface area contributed by atoms with Crippen molar-refractivity contribution in [1.82, 2.24) is 5.32 Å². The van der Waals surface area contributed by atoms with E-state index in [2.05, 4.69) is 5.32 Å². The average molecular weight is 417 g/mol. The molecule has 0 unspecified atom stereocenters. The number of nitrogens with one attached hydrogen (secondary N) is 1. The molecule has 1 heterocycles. The maximum absolute atomic E-state index is 12.9. The van der Waals surface area contributed by atoms with E-state index in [4.69, 9.17) is 4.74 Å².